The highest BCUT2D eigenvalue weighted by molar-refractivity contribution is 6.47. The number of hydrogen-bond donors (Lipinski definition) is 0. The monoisotopic (exact) mass is 348 g/mol. The van der Waals surface area contributed by atoms with E-state index in [2.05, 4.69) is 6.92 Å². The summed E-state index contributed by atoms with van der Waals surface area (Å²) in [6, 6.07) is 0. The Bertz CT molecular complexity index is 403. The van der Waals surface area contributed by atoms with Crippen LogP contribution in [0.25, 0.3) is 0 Å². The van der Waals surface area contributed by atoms with Crippen LogP contribution in [-0.4, -0.2) is 25.1 Å². The highest BCUT2D eigenvalue weighted by Gasteiger charge is 2.50. The van der Waals surface area contributed by atoms with Gasteiger partial charge in [0.2, 0.25) is 0 Å². The summed E-state index contributed by atoms with van der Waals surface area (Å²) in [5.41, 5.74) is 0. The van der Waals surface area contributed by atoms with E-state index < -0.39 is 0 Å². The van der Waals surface area contributed by atoms with Gasteiger partial charge in [0.1, 0.15) is 5.78 Å². The summed E-state index contributed by atoms with van der Waals surface area (Å²) in [6.07, 6.45) is 14.4. The maximum atomic E-state index is 12.2. The van der Waals surface area contributed by atoms with Crippen LogP contribution in [0.1, 0.15) is 91.4 Å². The molecule has 0 unspecified atom stereocenters. The smallest absolute Gasteiger partial charge is 0.405 e. The predicted octanol–water partition coefficient (Wildman–Crippen LogP) is 5.42. The molecule has 2 saturated carbocycles. The molecule has 3 aliphatic rings. The van der Waals surface area contributed by atoms with Crippen molar-refractivity contribution >= 4 is 12.9 Å². The molecule has 0 aromatic heterocycles. The number of Topliss-reactive ketones (excluding diaryl/α,β-unsaturated/α-hetero) is 1. The highest BCUT2D eigenvalue weighted by atomic mass is 16.7. The van der Waals surface area contributed by atoms with E-state index in [1.807, 2.05) is 13.8 Å². The van der Waals surface area contributed by atoms with Crippen LogP contribution >= 0.6 is 0 Å². The fraction of sp³-hybridized carbons (Fsp3) is 0.952. The number of carbonyl (C=O) groups is 1. The van der Waals surface area contributed by atoms with Gasteiger partial charge in [-0.2, -0.15) is 0 Å². The van der Waals surface area contributed by atoms with Crippen LogP contribution in [0.15, 0.2) is 0 Å². The lowest BCUT2D eigenvalue weighted by Gasteiger charge is -2.35. The fourth-order valence-corrected chi connectivity index (χ4v) is 5.28. The molecule has 0 N–H and O–H groups in total. The molecule has 4 atom stereocenters. The predicted molar refractivity (Wildman–Crippen MR) is 103 cm³/mol. The minimum absolute atomic E-state index is 0.0205. The lowest BCUT2D eigenvalue weighted by Crippen LogP contribution is -2.38. The zero-order chi connectivity index (χ0) is 17.8. The Morgan fingerprint density at radius 2 is 1.32 bits per heavy atom. The van der Waals surface area contributed by atoms with E-state index in [1.54, 1.807) is 0 Å². The van der Waals surface area contributed by atoms with Crippen LogP contribution in [0.4, 0.5) is 0 Å². The average Bonchev–Trinajstić information content (AvgIpc) is 3.13. The lowest BCUT2D eigenvalue weighted by molar-refractivity contribution is -0.122. The Balaban J connectivity index is 1.70. The second-order valence-electron chi connectivity index (χ2n) is 8.83. The second-order valence-corrected chi connectivity index (χ2v) is 8.83. The quantitative estimate of drug-likeness (QED) is 0.601. The third-order valence-electron chi connectivity index (χ3n) is 7.21. The first-order valence-corrected chi connectivity index (χ1v) is 11.0. The standard InChI is InChI=1S/C21H37BO3/c1-4-19(23)15(2)16(3)22-24-20(17-11-7-5-8-12-17)21(25-22)18-13-9-6-10-14-18/h15-18,20-21H,4-14H2,1-3H3/t15-,16+,20-,21-/m1/s1. The summed E-state index contributed by atoms with van der Waals surface area (Å²) in [5.74, 6) is 1.82. The summed E-state index contributed by atoms with van der Waals surface area (Å²) in [4.78, 5) is 12.2. The van der Waals surface area contributed by atoms with Gasteiger partial charge in [-0.15, -0.1) is 0 Å². The molecule has 1 saturated heterocycles. The number of hydrogen-bond acceptors (Lipinski definition) is 3. The third kappa shape index (κ3) is 4.50. The first-order valence-electron chi connectivity index (χ1n) is 11.0. The summed E-state index contributed by atoms with van der Waals surface area (Å²) in [6.45, 7) is 6.15. The first kappa shape index (κ1) is 19.4. The molecule has 25 heavy (non-hydrogen) atoms. The van der Waals surface area contributed by atoms with Crippen molar-refractivity contribution in [2.24, 2.45) is 17.8 Å². The molecular formula is C21H37BO3. The fourth-order valence-electron chi connectivity index (χ4n) is 5.28. The van der Waals surface area contributed by atoms with E-state index in [9.17, 15) is 4.79 Å². The minimum atomic E-state index is -0.190. The Morgan fingerprint density at radius 1 is 0.880 bits per heavy atom. The van der Waals surface area contributed by atoms with E-state index in [4.69, 9.17) is 9.31 Å². The van der Waals surface area contributed by atoms with Gasteiger partial charge in [-0.3, -0.25) is 4.79 Å². The topological polar surface area (TPSA) is 35.5 Å². The maximum Gasteiger partial charge on any atom is 0.461 e. The Labute approximate surface area is 154 Å². The molecule has 3 nitrogen and oxygen atoms in total. The normalized spacial score (nSPS) is 31.9. The SMILES string of the molecule is CCC(=O)[C@H](C)[C@H](C)B1O[C@H](C2CCCCC2)[C@@H](C2CCCCC2)O1. The van der Waals surface area contributed by atoms with E-state index in [0.29, 0.717) is 24.0 Å². The Kier molecular flexibility index (Phi) is 7.02. The largest absolute Gasteiger partial charge is 0.461 e. The van der Waals surface area contributed by atoms with Gasteiger partial charge in [0.25, 0.3) is 0 Å². The average molecular weight is 348 g/mol. The molecule has 142 valence electrons. The van der Waals surface area contributed by atoms with Crippen molar-refractivity contribution in [3.8, 4) is 0 Å². The molecule has 0 bridgehead atoms. The van der Waals surface area contributed by atoms with Gasteiger partial charge in [0.05, 0.1) is 12.2 Å². The highest BCUT2D eigenvalue weighted by Crippen LogP contribution is 2.43. The first-order chi connectivity index (χ1) is 12.1. The molecule has 0 aromatic rings. The van der Waals surface area contributed by atoms with E-state index >= 15 is 0 Å². The molecule has 0 aromatic carbocycles. The van der Waals surface area contributed by atoms with Gasteiger partial charge in [-0.1, -0.05) is 59.3 Å². The Morgan fingerprint density at radius 3 is 1.72 bits per heavy atom. The van der Waals surface area contributed by atoms with Crippen molar-refractivity contribution in [2.75, 3.05) is 0 Å². The molecule has 0 radical (unpaired) electrons. The van der Waals surface area contributed by atoms with E-state index in [1.165, 1.54) is 64.2 Å². The molecule has 3 fully saturated rings. The van der Waals surface area contributed by atoms with Gasteiger partial charge < -0.3 is 9.31 Å². The second kappa shape index (κ2) is 9.04. The van der Waals surface area contributed by atoms with E-state index in [0.717, 1.165) is 0 Å². The number of carbonyl (C=O) groups excluding carboxylic acids is 1. The minimum Gasteiger partial charge on any atom is -0.405 e. The van der Waals surface area contributed by atoms with Crippen molar-refractivity contribution in [3.63, 3.8) is 0 Å². The van der Waals surface area contributed by atoms with Gasteiger partial charge in [0, 0.05) is 18.2 Å². The van der Waals surface area contributed by atoms with Crippen LogP contribution in [-0.2, 0) is 14.1 Å². The summed E-state index contributed by atoms with van der Waals surface area (Å²) in [7, 11) is -0.190. The van der Waals surface area contributed by atoms with Crippen LogP contribution in [0.2, 0.25) is 5.82 Å². The van der Waals surface area contributed by atoms with Crippen molar-refractivity contribution < 1.29 is 14.1 Å². The zero-order valence-electron chi connectivity index (χ0n) is 16.5. The molecule has 1 aliphatic heterocycles. The van der Waals surface area contributed by atoms with Gasteiger partial charge in [-0.25, -0.2) is 0 Å². The molecule has 0 spiro atoms. The van der Waals surface area contributed by atoms with Crippen molar-refractivity contribution in [2.45, 2.75) is 109 Å². The number of ketones is 1. The van der Waals surface area contributed by atoms with E-state index in [-0.39, 0.29) is 31.1 Å². The van der Waals surface area contributed by atoms with Crippen LogP contribution in [0, 0.1) is 17.8 Å². The summed E-state index contributed by atoms with van der Waals surface area (Å²) < 4.78 is 13.1. The Hall–Kier alpha value is -0.345. The van der Waals surface area contributed by atoms with Crippen LogP contribution in [0.5, 0.6) is 0 Å². The summed E-state index contributed by atoms with van der Waals surface area (Å²) in [5, 5.41) is 0. The van der Waals surface area contributed by atoms with Crippen LogP contribution in [0.3, 0.4) is 0 Å². The zero-order valence-corrected chi connectivity index (χ0v) is 16.5. The molecule has 4 heteroatoms. The number of rotatable bonds is 6. The lowest BCUT2D eigenvalue weighted by atomic mass is 9.65. The van der Waals surface area contributed by atoms with Crippen molar-refractivity contribution in [1.29, 1.82) is 0 Å². The molecular weight excluding hydrogens is 311 g/mol. The summed E-state index contributed by atoms with van der Waals surface area (Å²) >= 11 is 0. The van der Waals surface area contributed by atoms with Crippen LogP contribution < -0.4 is 0 Å². The van der Waals surface area contributed by atoms with Crippen molar-refractivity contribution in [1.82, 2.24) is 0 Å². The maximum absolute atomic E-state index is 12.2. The van der Waals surface area contributed by atoms with Gasteiger partial charge in [0.15, 0.2) is 0 Å². The van der Waals surface area contributed by atoms with Crippen molar-refractivity contribution in [3.05, 3.63) is 0 Å². The molecule has 3 rings (SSSR count). The van der Waals surface area contributed by atoms with Gasteiger partial charge >= 0.3 is 7.12 Å². The molecule has 0 amide bonds. The molecule has 1 heterocycles. The molecule has 2 aliphatic carbocycles. The third-order valence-corrected chi connectivity index (χ3v) is 7.21. The van der Waals surface area contributed by atoms with Gasteiger partial charge in [-0.05, 0) is 37.5 Å².